The summed E-state index contributed by atoms with van der Waals surface area (Å²) in [5.74, 6) is 0. The molecule has 0 spiro atoms. The lowest BCUT2D eigenvalue weighted by molar-refractivity contribution is 0.690. The van der Waals surface area contributed by atoms with E-state index in [0.29, 0.717) is 0 Å². The van der Waals surface area contributed by atoms with Crippen LogP contribution in [0.2, 0.25) is 0 Å². The summed E-state index contributed by atoms with van der Waals surface area (Å²) in [6.45, 7) is 0. The predicted octanol–water partition coefficient (Wildman–Crippen LogP) is 6.88. The molecular weight excluding hydrogens is 496 g/mol. The third-order valence-corrected chi connectivity index (χ3v) is 9.88. The van der Waals surface area contributed by atoms with E-state index in [-0.39, 0.29) is 9.49 Å². The zero-order valence-corrected chi connectivity index (χ0v) is 25.3. The number of benzene rings is 4. The van der Waals surface area contributed by atoms with E-state index in [2.05, 4.69) is 173 Å². The summed E-state index contributed by atoms with van der Waals surface area (Å²) in [4.78, 5) is 8.65. The van der Waals surface area contributed by atoms with Crippen LogP contribution in [0, 0.1) is 0 Å². The minimum atomic E-state index is -0.262. The first-order valence-corrected chi connectivity index (χ1v) is 14.2. The van der Waals surface area contributed by atoms with Gasteiger partial charge in [0.05, 0.1) is 9.49 Å². The van der Waals surface area contributed by atoms with E-state index in [1.807, 2.05) is 11.8 Å². The number of nitrogens with zero attached hydrogens (tertiary/aromatic N) is 4. The largest absolute Gasteiger partial charge is 0.378 e. The van der Waals surface area contributed by atoms with Crippen LogP contribution in [0.1, 0.15) is 22.3 Å². The van der Waals surface area contributed by atoms with Crippen molar-refractivity contribution in [1.29, 1.82) is 0 Å². The van der Waals surface area contributed by atoms with Crippen LogP contribution in [-0.4, -0.2) is 56.4 Å². The molecule has 0 N–H and O–H groups in total. The second-order valence-electron chi connectivity index (χ2n) is 11.2. The zero-order valence-electron chi connectivity index (χ0n) is 24.4. The molecule has 0 saturated carbocycles. The standard InChI is InChI=1S/C34H40N4S/c1-35(2)29-17-9-25(10-18-29)33(26-11-19-30(20-12-26)36(3)4)34(39-33,27-13-21-31(22-14-27)37(5)6)28-15-23-32(24-16-28)38(7)8/h9-24H,1-8H3. The predicted molar refractivity (Wildman–Crippen MR) is 172 cm³/mol. The van der Waals surface area contributed by atoms with Gasteiger partial charge in [-0.2, -0.15) is 0 Å². The molecule has 39 heavy (non-hydrogen) atoms. The van der Waals surface area contributed by atoms with Gasteiger partial charge >= 0.3 is 0 Å². The summed E-state index contributed by atoms with van der Waals surface area (Å²) < 4.78 is -0.524. The Morgan fingerprint density at radius 1 is 0.333 bits per heavy atom. The number of hydrogen-bond acceptors (Lipinski definition) is 5. The van der Waals surface area contributed by atoms with Crippen LogP contribution in [0.25, 0.3) is 0 Å². The highest BCUT2D eigenvalue weighted by Crippen LogP contribution is 2.81. The average Bonchev–Trinajstić information content (AvgIpc) is 3.65. The lowest BCUT2D eigenvalue weighted by Crippen LogP contribution is -2.26. The summed E-state index contributed by atoms with van der Waals surface area (Å²) >= 11 is 2.05. The van der Waals surface area contributed by atoms with Crippen LogP contribution in [0.5, 0.6) is 0 Å². The van der Waals surface area contributed by atoms with Crippen LogP contribution >= 0.6 is 11.8 Å². The van der Waals surface area contributed by atoms with Gasteiger partial charge in [0.15, 0.2) is 0 Å². The highest BCUT2D eigenvalue weighted by Gasteiger charge is 2.72. The first kappa shape index (κ1) is 27.0. The topological polar surface area (TPSA) is 13.0 Å². The van der Waals surface area contributed by atoms with Gasteiger partial charge in [0, 0.05) is 79.1 Å². The van der Waals surface area contributed by atoms with Crippen molar-refractivity contribution in [2.45, 2.75) is 9.49 Å². The third-order valence-electron chi connectivity index (χ3n) is 7.92. The van der Waals surface area contributed by atoms with Gasteiger partial charge in [-0.3, -0.25) is 0 Å². The van der Waals surface area contributed by atoms with Gasteiger partial charge in [0.25, 0.3) is 0 Å². The lowest BCUT2D eigenvalue weighted by atomic mass is 9.73. The number of rotatable bonds is 8. The maximum absolute atomic E-state index is 2.33. The second-order valence-corrected chi connectivity index (χ2v) is 12.7. The van der Waals surface area contributed by atoms with Crippen LogP contribution in [-0.2, 0) is 9.49 Å². The Morgan fingerprint density at radius 2 is 0.513 bits per heavy atom. The van der Waals surface area contributed by atoms with Gasteiger partial charge in [0.2, 0.25) is 0 Å². The maximum Gasteiger partial charge on any atom is 0.0899 e. The number of thioether (sulfide) groups is 1. The summed E-state index contributed by atoms with van der Waals surface area (Å²) in [5, 5.41) is 0. The van der Waals surface area contributed by atoms with E-state index >= 15 is 0 Å². The van der Waals surface area contributed by atoms with Gasteiger partial charge in [0.1, 0.15) is 0 Å². The van der Waals surface area contributed by atoms with Crippen LogP contribution in [0.15, 0.2) is 97.1 Å². The van der Waals surface area contributed by atoms with E-state index in [4.69, 9.17) is 0 Å². The molecule has 202 valence electrons. The Labute approximate surface area is 238 Å². The summed E-state index contributed by atoms with van der Waals surface area (Å²) in [7, 11) is 16.8. The molecule has 4 nitrogen and oxygen atoms in total. The molecule has 1 fully saturated rings. The van der Waals surface area contributed by atoms with E-state index in [9.17, 15) is 0 Å². The molecule has 0 atom stereocenters. The highest BCUT2D eigenvalue weighted by molar-refractivity contribution is 8.09. The first-order valence-electron chi connectivity index (χ1n) is 13.4. The molecule has 5 rings (SSSR count). The molecule has 5 heteroatoms. The fourth-order valence-corrected chi connectivity index (χ4v) is 7.46. The molecule has 0 aliphatic carbocycles. The van der Waals surface area contributed by atoms with Crippen molar-refractivity contribution in [2.24, 2.45) is 0 Å². The molecule has 0 bridgehead atoms. The lowest BCUT2D eigenvalue weighted by Gasteiger charge is -2.28. The van der Waals surface area contributed by atoms with E-state index < -0.39 is 0 Å². The van der Waals surface area contributed by atoms with Crippen LogP contribution in [0.3, 0.4) is 0 Å². The molecule has 0 aromatic heterocycles. The SMILES string of the molecule is CN(C)c1ccc(C2(c3ccc(N(C)C)cc3)SC2(c2ccc(N(C)C)cc2)c2ccc(N(C)C)cc2)cc1. The average molecular weight is 537 g/mol. The normalized spacial score (nSPS) is 15.0. The Balaban J connectivity index is 1.75. The van der Waals surface area contributed by atoms with Gasteiger partial charge in [-0.25, -0.2) is 0 Å². The van der Waals surface area contributed by atoms with E-state index in [1.54, 1.807) is 0 Å². The van der Waals surface area contributed by atoms with E-state index in [0.717, 1.165) is 0 Å². The highest BCUT2D eigenvalue weighted by atomic mass is 32.2. The van der Waals surface area contributed by atoms with Gasteiger partial charge in [-0.1, -0.05) is 48.5 Å². The molecule has 0 unspecified atom stereocenters. The fourth-order valence-electron chi connectivity index (χ4n) is 5.56. The molecule has 4 aromatic carbocycles. The Hall–Kier alpha value is -3.57. The van der Waals surface area contributed by atoms with Gasteiger partial charge in [-0.05, 0) is 70.8 Å². The van der Waals surface area contributed by atoms with E-state index in [1.165, 1.54) is 45.0 Å². The summed E-state index contributed by atoms with van der Waals surface area (Å²) in [6.07, 6.45) is 0. The zero-order chi connectivity index (χ0) is 27.9. The molecule has 1 heterocycles. The van der Waals surface area contributed by atoms with Crippen molar-refractivity contribution in [3.05, 3.63) is 119 Å². The third kappa shape index (κ3) is 4.53. The minimum Gasteiger partial charge on any atom is -0.378 e. The summed E-state index contributed by atoms with van der Waals surface area (Å²) in [5.41, 5.74) is 10.1. The molecule has 1 aliphatic heterocycles. The molecule has 1 saturated heterocycles. The first-order chi connectivity index (χ1) is 18.6. The quantitative estimate of drug-likeness (QED) is 0.227. The van der Waals surface area contributed by atoms with Crippen LogP contribution < -0.4 is 19.6 Å². The summed E-state index contributed by atoms with van der Waals surface area (Å²) in [6, 6.07) is 36.6. The maximum atomic E-state index is 2.33. The molecular formula is C34H40N4S. The Bertz CT molecular complexity index is 1190. The fraction of sp³-hybridized carbons (Fsp3) is 0.294. The number of anilines is 4. The van der Waals surface area contributed by atoms with Crippen molar-refractivity contribution in [1.82, 2.24) is 0 Å². The van der Waals surface area contributed by atoms with Crippen molar-refractivity contribution in [3.63, 3.8) is 0 Å². The Kier molecular flexibility index (Phi) is 7.06. The molecule has 1 aliphatic rings. The molecule has 0 amide bonds. The van der Waals surface area contributed by atoms with Crippen molar-refractivity contribution in [3.8, 4) is 0 Å². The van der Waals surface area contributed by atoms with Gasteiger partial charge in [-0.15, -0.1) is 11.8 Å². The minimum absolute atomic E-state index is 0.262. The van der Waals surface area contributed by atoms with Gasteiger partial charge < -0.3 is 19.6 Å². The van der Waals surface area contributed by atoms with Crippen molar-refractivity contribution in [2.75, 3.05) is 76.0 Å². The second kappa shape index (κ2) is 10.2. The van der Waals surface area contributed by atoms with Crippen LogP contribution in [0.4, 0.5) is 22.7 Å². The monoisotopic (exact) mass is 536 g/mol. The Morgan fingerprint density at radius 3 is 0.667 bits per heavy atom. The van der Waals surface area contributed by atoms with Crippen molar-refractivity contribution < 1.29 is 0 Å². The molecule has 4 aromatic rings. The number of hydrogen-bond donors (Lipinski definition) is 0. The van der Waals surface area contributed by atoms with Crippen molar-refractivity contribution >= 4 is 34.5 Å². The molecule has 0 radical (unpaired) electrons. The smallest absolute Gasteiger partial charge is 0.0899 e.